The molecule has 6 rings (SSSR count). The number of ether oxygens (including phenoxy) is 3. The lowest BCUT2D eigenvalue weighted by Gasteiger charge is -2.42. The average Bonchev–Trinajstić information content (AvgIpc) is 3.30. The minimum atomic E-state index is -1.63. The molecule has 37 heavy (non-hydrogen) atoms. The number of aliphatic hydroxyl groups excluding tert-OH is 5. The van der Waals surface area contributed by atoms with Crippen LogP contribution in [0.15, 0.2) is 12.2 Å². The maximum absolute atomic E-state index is 13.0. The molecule has 2 saturated heterocycles. The first kappa shape index (κ1) is 25.6. The number of hydrogen-bond acceptors (Lipinski definition) is 11. The molecule has 2 heterocycles. The summed E-state index contributed by atoms with van der Waals surface area (Å²) in [5.74, 6) is -4.30. The first-order valence-corrected chi connectivity index (χ1v) is 12.8. The lowest BCUT2D eigenvalue weighted by molar-refractivity contribution is -0.310. The van der Waals surface area contributed by atoms with Crippen molar-refractivity contribution in [1.29, 1.82) is 0 Å². The molecule has 0 radical (unpaired) electrons. The molecule has 0 aromatic carbocycles. The zero-order chi connectivity index (χ0) is 26.7. The average molecular weight is 527 g/mol. The predicted molar refractivity (Wildman–Crippen MR) is 119 cm³/mol. The second kappa shape index (κ2) is 7.95. The van der Waals surface area contributed by atoms with Gasteiger partial charge in [0.25, 0.3) is 0 Å². The number of rotatable bonds is 5. The van der Waals surface area contributed by atoms with Crippen LogP contribution in [0.3, 0.4) is 0 Å². The van der Waals surface area contributed by atoms with E-state index in [0.717, 1.165) is 0 Å². The van der Waals surface area contributed by atoms with Crippen molar-refractivity contribution in [2.45, 2.75) is 80.6 Å². The van der Waals surface area contributed by atoms with E-state index in [-0.39, 0.29) is 24.9 Å². The van der Waals surface area contributed by atoms with E-state index in [4.69, 9.17) is 14.2 Å². The molecule has 14 atom stereocenters. The van der Waals surface area contributed by atoms with E-state index in [0.29, 0.717) is 19.3 Å². The Kier molecular flexibility index (Phi) is 5.51. The van der Waals surface area contributed by atoms with E-state index in [2.05, 4.69) is 0 Å². The Morgan fingerprint density at radius 2 is 1.89 bits per heavy atom. The van der Waals surface area contributed by atoms with E-state index >= 15 is 0 Å². The molecule has 0 aromatic heterocycles. The largest absolute Gasteiger partial charge is 0.481 e. The van der Waals surface area contributed by atoms with E-state index < -0.39 is 89.2 Å². The Hall–Kier alpha value is -1.64. The van der Waals surface area contributed by atoms with Crippen LogP contribution in [0.2, 0.25) is 0 Å². The first-order chi connectivity index (χ1) is 17.4. The molecule has 7 N–H and O–H groups in total. The minimum Gasteiger partial charge on any atom is -0.481 e. The van der Waals surface area contributed by atoms with Crippen LogP contribution in [0.1, 0.15) is 32.6 Å². The molecular weight excluding hydrogens is 492 g/mol. The standard InChI is InChI=1S/C25H34O12/c1-22-13(27)4-5-25(37-21(22)33)12-3-2-10-6-23(12,14(18(22)25)19(31)32)8-24(10,34)9-35-20-17(30)16(29)15(28)11(7-26)36-20/h4-5,10-18,20,26-30,34H,2-3,6-9H2,1H3,(H,31,32)/t10-,11-,12-,13+,14-,15-,16+,17-,18-,20-,22-,23-,24+,25-/m1/s1. The third-order valence-electron chi connectivity index (χ3n) is 10.6. The third kappa shape index (κ3) is 3.01. The second-order valence-electron chi connectivity index (χ2n) is 12.2. The summed E-state index contributed by atoms with van der Waals surface area (Å²) in [6.45, 7) is 0.595. The van der Waals surface area contributed by atoms with Crippen molar-refractivity contribution >= 4 is 11.9 Å². The van der Waals surface area contributed by atoms with Crippen molar-refractivity contribution in [3.8, 4) is 0 Å². The Morgan fingerprint density at radius 3 is 2.57 bits per heavy atom. The number of carbonyl (C=O) groups excluding carboxylic acids is 1. The highest BCUT2D eigenvalue weighted by Gasteiger charge is 2.83. The fraction of sp³-hybridized carbons (Fsp3) is 0.840. The van der Waals surface area contributed by atoms with Gasteiger partial charge in [0.15, 0.2) is 6.29 Å². The van der Waals surface area contributed by atoms with Crippen LogP contribution in [-0.4, -0.2) is 109 Å². The van der Waals surface area contributed by atoms with Crippen molar-refractivity contribution < 1.29 is 59.5 Å². The molecule has 4 bridgehead atoms. The fourth-order valence-electron chi connectivity index (χ4n) is 9.00. The fourth-order valence-corrected chi connectivity index (χ4v) is 9.00. The number of carbonyl (C=O) groups is 2. The lowest BCUT2D eigenvalue weighted by atomic mass is 9.61. The quantitative estimate of drug-likeness (QED) is 0.152. The molecular formula is C25H34O12. The van der Waals surface area contributed by atoms with Crippen molar-refractivity contribution in [2.24, 2.45) is 34.5 Å². The Morgan fingerprint density at radius 1 is 1.16 bits per heavy atom. The number of carboxylic acids is 1. The minimum absolute atomic E-state index is 0.0412. The topological polar surface area (TPSA) is 203 Å². The van der Waals surface area contributed by atoms with Crippen LogP contribution < -0.4 is 0 Å². The zero-order valence-corrected chi connectivity index (χ0v) is 20.3. The van der Waals surface area contributed by atoms with Gasteiger partial charge in [0.1, 0.15) is 35.4 Å². The Bertz CT molecular complexity index is 1030. The summed E-state index contributed by atoms with van der Waals surface area (Å²) in [6, 6.07) is 0. The van der Waals surface area contributed by atoms with E-state index in [9.17, 15) is 45.3 Å². The van der Waals surface area contributed by atoms with Crippen molar-refractivity contribution in [3.63, 3.8) is 0 Å². The van der Waals surface area contributed by atoms with Gasteiger partial charge in [-0.1, -0.05) is 6.08 Å². The molecule has 4 aliphatic carbocycles. The molecule has 3 saturated carbocycles. The van der Waals surface area contributed by atoms with Crippen molar-refractivity contribution in [3.05, 3.63) is 12.2 Å². The normalized spacial score (nSPS) is 57.6. The molecule has 0 aromatic rings. The maximum Gasteiger partial charge on any atom is 0.316 e. The number of aliphatic carboxylic acids is 1. The van der Waals surface area contributed by atoms with Crippen LogP contribution in [0.5, 0.6) is 0 Å². The summed E-state index contributed by atoms with van der Waals surface area (Å²) in [5, 5.41) is 72.9. The smallest absolute Gasteiger partial charge is 0.316 e. The summed E-state index contributed by atoms with van der Waals surface area (Å²) >= 11 is 0. The van der Waals surface area contributed by atoms with Crippen LogP contribution in [0.25, 0.3) is 0 Å². The van der Waals surface area contributed by atoms with Gasteiger partial charge in [0.2, 0.25) is 0 Å². The number of esters is 1. The van der Waals surface area contributed by atoms with Gasteiger partial charge in [-0.25, -0.2) is 0 Å². The monoisotopic (exact) mass is 526 g/mol. The van der Waals surface area contributed by atoms with Gasteiger partial charge in [0, 0.05) is 11.8 Å². The molecule has 5 fully saturated rings. The molecule has 1 spiro atoms. The van der Waals surface area contributed by atoms with Gasteiger partial charge in [-0.2, -0.15) is 0 Å². The van der Waals surface area contributed by atoms with E-state index in [1.807, 2.05) is 0 Å². The van der Waals surface area contributed by atoms with Gasteiger partial charge in [-0.15, -0.1) is 0 Å². The van der Waals surface area contributed by atoms with Crippen LogP contribution in [0, 0.1) is 34.5 Å². The van der Waals surface area contributed by atoms with E-state index in [1.165, 1.54) is 6.08 Å². The Balaban J connectivity index is 1.31. The van der Waals surface area contributed by atoms with Gasteiger partial charge >= 0.3 is 11.9 Å². The summed E-state index contributed by atoms with van der Waals surface area (Å²) in [7, 11) is 0. The molecule has 0 unspecified atom stereocenters. The summed E-state index contributed by atoms with van der Waals surface area (Å²) < 4.78 is 17.1. The third-order valence-corrected chi connectivity index (χ3v) is 10.6. The highest BCUT2D eigenvalue weighted by molar-refractivity contribution is 5.86. The highest BCUT2D eigenvalue weighted by Crippen LogP contribution is 2.77. The van der Waals surface area contributed by atoms with Gasteiger partial charge in [0.05, 0.1) is 30.8 Å². The second-order valence-corrected chi connectivity index (χ2v) is 12.2. The Labute approximate surface area is 212 Å². The summed E-state index contributed by atoms with van der Waals surface area (Å²) in [4.78, 5) is 25.8. The zero-order valence-electron chi connectivity index (χ0n) is 20.3. The van der Waals surface area contributed by atoms with Crippen molar-refractivity contribution in [2.75, 3.05) is 13.2 Å². The number of hydrogen-bond donors (Lipinski definition) is 7. The first-order valence-electron chi connectivity index (χ1n) is 12.8. The van der Waals surface area contributed by atoms with Crippen molar-refractivity contribution in [1.82, 2.24) is 0 Å². The summed E-state index contributed by atoms with van der Waals surface area (Å²) in [6.07, 6.45) is -3.98. The van der Waals surface area contributed by atoms with Gasteiger partial charge in [-0.05, 0) is 50.0 Å². The number of aliphatic hydroxyl groups is 6. The van der Waals surface area contributed by atoms with Gasteiger partial charge in [-0.3, -0.25) is 9.59 Å². The highest BCUT2D eigenvalue weighted by atomic mass is 16.7. The number of fused-ring (bicyclic) bond motifs is 1. The van der Waals surface area contributed by atoms with Crippen LogP contribution >= 0.6 is 0 Å². The lowest BCUT2D eigenvalue weighted by Crippen LogP contribution is -2.59. The van der Waals surface area contributed by atoms with Gasteiger partial charge < -0.3 is 50.0 Å². The molecule has 6 aliphatic rings. The van der Waals surface area contributed by atoms with Crippen LogP contribution in [0.4, 0.5) is 0 Å². The number of carboxylic acid groups (broad SMARTS) is 1. The van der Waals surface area contributed by atoms with Crippen LogP contribution in [-0.2, 0) is 23.8 Å². The molecule has 0 amide bonds. The maximum atomic E-state index is 13.0. The molecule has 206 valence electrons. The predicted octanol–water partition coefficient (Wildman–Crippen LogP) is -2.10. The molecule has 12 heteroatoms. The van der Waals surface area contributed by atoms with E-state index in [1.54, 1.807) is 13.0 Å². The summed E-state index contributed by atoms with van der Waals surface area (Å²) in [5.41, 5.74) is -5.03. The molecule has 12 nitrogen and oxygen atoms in total. The SMILES string of the molecule is C[C@@]12C(=O)O[C@]3(C=C[C@@H]1O)[C@@H]1CC[C@@H]4C[C@]1(C[C@]4(O)CO[C@@H]1O[C@H](CO)[C@@H](O)[C@H](O)[C@H]1O)[C@@H](C(=O)O)[C@@H]32. The molecule has 2 aliphatic heterocycles.